The fourth-order valence-corrected chi connectivity index (χ4v) is 3.39. The molecule has 1 aromatic heterocycles. The SMILES string of the molecule is CC1CCC(CCNc2cnn(C(C)C)c(=O)c2Br)CC1. The summed E-state index contributed by atoms with van der Waals surface area (Å²) in [7, 11) is 0. The highest BCUT2D eigenvalue weighted by molar-refractivity contribution is 9.10. The van der Waals surface area contributed by atoms with Crippen molar-refractivity contribution >= 4 is 21.6 Å². The lowest BCUT2D eigenvalue weighted by molar-refractivity contribution is 0.282. The molecule has 1 heterocycles. The number of aromatic nitrogens is 2. The monoisotopic (exact) mass is 355 g/mol. The second kappa shape index (κ2) is 7.43. The van der Waals surface area contributed by atoms with E-state index in [0.29, 0.717) is 4.47 Å². The highest BCUT2D eigenvalue weighted by Gasteiger charge is 2.18. The van der Waals surface area contributed by atoms with Crippen molar-refractivity contribution in [3.8, 4) is 0 Å². The molecule has 1 aliphatic carbocycles. The lowest BCUT2D eigenvalue weighted by Gasteiger charge is -2.26. The molecule has 0 bridgehead atoms. The maximum Gasteiger partial charge on any atom is 0.283 e. The van der Waals surface area contributed by atoms with Crippen LogP contribution in [0.15, 0.2) is 15.5 Å². The van der Waals surface area contributed by atoms with Crippen LogP contribution in [0.25, 0.3) is 0 Å². The molecule has 0 atom stereocenters. The minimum absolute atomic E-state index is 0.0681. The molecule has 0 saturated heterocycles. The molecule has 4 nitrogen and oxygen atoms in total. The van der Waals surface area contributed by atoms with Gasteiger partial charge < -0.3 is 5.32 Å². The van der Waals surface area contributed by atoms with Gasteiger partial charge in [-0.1, -0.05) is 32.6 Å². The molecule has 1 aliphatic rings. The van der Waals surface area contributed by atoms with Gasteiger partial charge in [-0.3, -0.25) is 4.79 Å². The summed E-state index contributed by atoms with van der Waals surface area (Å²) in [6, 6.07) is 0.0760. The minimum Gasteiger partial charge on any atom is -0.383 e. The predicted octanol–water partition coefficient (Wildman–Crippen LogP) is 4.22. The van der Waals surface area contributed by atoms with Crippen molar-refractivity contribution in [1.29, 1.82) is 0 Å². The lowest BCUT2D eigenvalue weighted by Crippen LogP contribution is -2.26. The lowest BCUT2D eigenvalue weighted by atomic mass is 9.81. The van der Waals surface area contributed by atoms with Crippen molar-refractivity contribution in [3.63, 3.8) is 0 Å². The molecule has 1 aromatic rings. The molecule has 1 N–H and O–H groups in total. The van der Waals surface area contributed by atoms with Gasteiger partial charge in [0.25, 0.3) is 5.56 Å². The standard InChI is InChI=1S/C16H26BrN3O/c1-11(2)20-16(21)15(17)14(10-19-20)18-9-8-13-6-4-12(3)5-7-13/h10-13,18H,4-9H2,1-3H3. The van der Waals surface area contributed by atoms with E-state index in [1.54, 1.807) is 6.20 Å². The van der Waals surface area contributed by atoms with Gasteiger partial charge in [0.05, 0.1) is 17.9 Å². The zero-order valence-electron chi connectivity index (χ0n) is 13.2. The van der Waals surface area contributed by atoms with Crippen LogP contribution < -0.4 is 10.9 Å². The summed E-state index contributed by atoms with van der Waals surface area (Å²) in [5.74, 6) is 1.73. The van der Waals surface area contributed by atoms with Crippen LogP contribution in [0, 0.1) is 11.8 Å². The second-order valence-corrected chi connectivity index (χ2v) is 7.35. The van der Waals surface area contributed by atoms with E-state index in [1.807, 2.05) is 13.8 Å². The Morgan fingerprint density at radius 3 is 2.67 bits per heavy atom. The Balaban J connectivity index is 1.89. The summed E-state index contributed by atoms with van der Waals surface area (Å²) in [6.45, 7) is 7.17. The largest absolute Gasteiger partial charge is 0.383 e. The number of halogens is 1. The van der Waals surface area contributed by atoms with Crippen LogP contribution in [-0.2, 0) is 0 Å². The Morgan fingerprint density at radius 2 is 2.05 bits per heavy atom. The Morgan fingerprint density at radius 1 is 1.38 bits per heavy atom. The molecule has 0 aliphatic heterocycles. The van der Waals surface area contributed by atoms with Gasteiger partial charge in [-0.2, -0.15) is 5.10 Å². The Bertz CT molecular complexity index is 519. The summed E-state index contributed by atoms with van der Waals surface area (Å²) in [6.07, 6.45) is 8.33. The zero-order chi connectivity index (χ0) is 15.4. The van der Waals surface area contributed by atoms with E-state index in [-0.39, 0.29) is 11.6 Å². The molecule has 1 saturated carbocycles. The molecule has 0 amide bonds. The third-order valence-corrected chi connectivity index (χ3v) is 5.20. The maximum atomic E-state index is 12.1. The molecular weight excluding hydrogens is 330 g/mol. The molecular formula is C16H26BrN3O. The second-order valence-electron chi connectivity index (χ2n) is 6.56. The number of hydrogen-bond donors (Lipinski definition) is 1. The highest BCUT2D eigenvalue weighted by Crippen LogP contribution is 2.30. The van der Waals surface area contributed by atoms with E-state index >= 15 is 0 Å². The summed E-state index contributed by atoms with van der Waals surface area (Å²) in [5, 5.41) is 7.58. The van der Waals surface area contributed by atoms with Crippen molar-refractivity contribution in [1.82, 2.24) is 9.78 Å². The van der Waals surface area contributed by atoms with E-state index in [1.165, 1.54) is 36.8 Å². The normalized spacial score (nSPS) is 22.5. The van der Waals surface area contributed by atoms with Crippen LogP contribution in [0.5, 0.6) is 0 Å². The number of nitrogens with one attached hydrogen (secondary N) is 1. The zero-order valence-corrected chi connectivity index (χ0v) is 14.8. The van der Waals surface area contributed by atoms with Crippen molar-refractivity contribution in [2.45, 2.75) is 58.9 Å². The first-order chi connectivity index (χ1) is 9.99. The van der Waals surface area contributed by atoms with Crippen molar-refractivity contribution < 1.29 is 0 Å². The van der Waals surface area contributed by atoms with Crippen LogP contribution >= 0.6 is 15.9 Å². The first-order valence-electron chi connectivity index (χ1n) is 8.00. The number of rotatable bonds is 5. The van der Waals surface area contributed by atoms with E-state index in [9.17, 15) is 4.79 Å². The Hall–Kier alpha value is -0.840. The average Bonchev–Trinajstić information content (AvgIpc) is 2.45. The average molecular weight is 356 g/mol. The van der Waals surface area contributed by atoms with Crippen molar-refractivity contribution in [3.05, 3.63) is 21.0 Å². The number of nitrogens with zero attached hydrogens (tertiary/aromatic N) is 2. The van der Waals surface area contributed by atoms with Crippen molar-refractivity contribution in [2.24, 2.45) is 11.8 Å². The van der Waals surface area contributed by atoms with Gasteiger partial charge in [-0.15, -0.1) is 0 Å². The summed E-state index contributed by atoms with van der Waals surface area (Å²) >= 11 is 3.40. The van der Waals surface area contributed by atoms with Crippen LogP contribution in [0.3, 0.4) is 0 Å². The van der Waals surface area contributed by atoms with Crippen LogP contribution in [-0.4, -0.2) is 16.3 Å². The highest BCUT2D eigenvalue weighted by atomic mass is 79.9. The van der Waals surface area contributed by atoms with Gasteiger partial charge in [0.15, 0.2) is 0 Å². The molecule has 0 spiro atoms. The number of hydrogen-bond acceptors (Lipinski definition) is 3. The van der Waals surface area contributed by atoms with Gasteiger partial charge in [0.2, 0.25) is 0 Å². The summed E-state index contributed by atoms with van der Waals surface area (Å²) in [5.41, 5.74) is 0.738. The molecule has 118 valence electrons. The van der Waals surface area contributed by atoms with Crippen LogP contribution in [0.4, 0.5) is 5.69 Å². The Kier molecular flexibility index (Phi) is 5.85. The Labute approximate surface area is 135 Å². The smallest absolute Gasteiger partial charge is 0.283 e. The van der Waals surface area contributed by atoms with E-state index in [0.717, 1.165) is 24.1 Å². The van der Waals surface area contributed by atoms with Crippen molar-refractivity contribution in [2.75, 3.05) is 11.9 Å². The van der Waals surface area contributed by atoms with Gasteiger partial charge in [-0.05, 0) is 48.0 Å². The van der Waals surface area contributed by atoms with Gasteiger partial charge in [-0.25, -0.2) is 4.68 Å². The molecule has 2 rings (SSSR count). The molecule has 0 radical (unpaired) electrons. The summed E-state index contributed by atoms with van der Waals surface area (Å²) in [4.78, 5) is 12.1. The molecule has 1 fully saturated rings. The first-order valence-corrected chi connectivity index (χ1v) is 8.79. The maximum absolute atomic E-state index is 12.1. The first kappa shape index (κ1) is 16.5. The quantitative estimate of drug-likeness (QED) is 0.860. The molecule has 0 unspecified atom stereocenters. The third kappa shape index (κ3) is 4.31. The van der Waals surface area contributed by atoms with Gasteiger partial charge in [0.1, 0.15) is 4.47 Å². The fourth-order valence-electron chi connectivity index (χ4n) is 2.96. The fraction of sp³-hybridized carbons (Fsp3) is 0.750. The van der Waals surface area contributed by atoms with Crippen LogP contribution in [0.1, 0.15) is 58.9 Å². The van der Waals surface area contributed by atoms with E-state index < -0.39 is 0 Å². The predicted molar refractivity (Wildman–Crippen MR) is 90.8 cm³/mol. The van der Waals surface area contributed by atoms with Crippen LogP contribution in [0.2, 0.25) is 0 Å². The molecule has 0 aromatic carbocycles. The number of anilines is 1. The van der Waals surface area contributed by atoms with Gasteiger partial charge >= 0.3 is 0 Å². The summed E-state index contributed by atoms with van der Waals surface area (Å²) < 4.78 is 2.08. The van der Waals surface area contributed by atoms with E-state index in [2.05, 4.69) is 33.3 Å². The third-order valence-electron chi connectivity index (χ3n) is 4.44. The topological polar surface area (TPSA) is 46.9 Å². The molecule has 5 heteroatoms. The van der Waals surface area contributed by atoms with E-state index in [4.69, 9.17) is 0 Å². The molecule has 21 heavy (non-hydrogen) atoms. The van der Waals surface area contributed by atoms with Gasteiger partial charge in [0, 0.05) is 6.54 Å². The minimum atomic E-state index is -0.0681.